The van der Waals surface area contributed by atoms with Crippen molar-refractivity contribution in [3.8, 4) is 5.75 Å². The first kappa shape index (κ1) is 11.9. The van der Waals surface area contributed by atoms with Crippen molar-refractivity contribution >= 4 is 38.0 Å². The third-order valence-corrected chi connectivity index (χ3v) is 3.98. The first-order chi connectivity index (χ1) is 10.2. The van der Waals surface area contributed by atoms with Crippen molar-refractivity contribution in [1.29, 1.82) is 0 Å². The second kappa shape index (κ2) is 4.06. The Morgan fingerprint density at radius 3 is 2.29 bits per heavy atom. The van der Waals surface area contributed by atoms with Crippen LogP contribution in [0.25, 0.3) is 32.3 Å². The summed E-state index contributed by atoms with van der Waals surface area (Å²) in [5.74, 6) is 0.325. The molecule has 0 N–H and O–H groups in total. The van der Waals surface area contributed by atoms with Crippen LogP contribution in [0.5, 0.6) is 5.75 Å². The second-order valence-corrected chi connectivity index (χ2v) is 5.04. The molecule has 0 amide bonds. The van der Waals surface area contributed by atoms with Crippen LogP contribution in [0.2, 0.25) is 0 Å². The van der Waals surface area contributed by atoms with E-state index < -0.39 is 4.92 Å². The lowest BCUT2D eigenvalue weighted by Gasteiger charge is -2.13. The van der Waals surface area contributed by atoms with Crippen molar-refractivity contribution in [3.63, 3.8) is 0 Å². The number of nitro groups is 1. The lowest BCUT2D eigenvalue weighted by molar-refractivity contribution is -0.385. The molecule has 4 heteroatoms. The largest absolute Gasteiger partial charge is 0.490 e. The van der Waals surface area contributed by atoms with Crippen LogP contribution in [0, 0.1) is 10.1 Å². The first-order valence-corrected chi connectivity index (χ1v) is 6.59. The van der Waals surface area contributed by atoms with E-state index in [0.717, 1.165) is 32.3 Å². The summed E-state index contributed by atoms with van der Waals surface area (Å²) in [6, 6.07) is 15.5. The minimum absolute atomic E-state index is 0.00313. The third kappa shape index (κ3) is 1.50. The molecule has 0 aliphatic carbocycles. The molecule has 21 heavy (non-hydrogen) atoms. The molecular weight excluding hydrogens is 266 g/mol. The molecule has 0 atom stereocenters. The number of hydrogen-bond acceptors (Lipinski definition) is 3. The summed E-state index contributed by atoms with van der Waals surface area (Å²) >= 11 is 0. The van der Waals surface area contributed by atoms with Gasteiger partial charge in [0.2, 0.25) is 5.75 Å². The summed E-state index contributed by atoms with van der Waals surface area (Å²) < 4.78 is 5.32. The van der Waals surface area contributed by atoms with Crippen LogP contribution in [0.3, 0.4) is 0 Å². The molecule has 4 nitrogen and oxygen atoms in total. The molecule has 4 aromatic carbocycles. The molecule has 0 spiro atoms. The Morgan fingerprint density at radius 2 is 1.62 bits per heavy atom. The van der Waals surface area contributed by atoms with Gasteiger partial charge < -0.3 is 4.74 Å². The highest BCUT2D eigenvalue weighted by molar-refractivity contribution is 6.24. The lowest BCUT2D eigenvalue weighted by atomic mass is 9.93. The minimum Gasteiger partial charge on any atom is -0.490 e. The van der Waals surface area contributed by atoms with Gasteiger partial charge in [0.25, 0.3) is 0 Å². The van der Waals surface area contributed by atoms with Crippen LogP contribution < -0.4 is 4.74 Å². The van der Waals surface area contributed by atoms with E-state index in [1.807, 2.05) is 30.3 Å². The van der Waals surface area contributed by atoms with Gasteiger partial charge in [-0.05, 0) is 27.6 Å². The molecule has 0 aliphatic rings. The Morgan fingerprint density at radius 1 is 0.952 bits per heavy atom. The van der Waals surface area contributed by atoms with Crippen molar-refractivity contribution in [2.45, 2.75) is 0 Å². The monoisotopic (exact) mass is 277 g/mol. The van der Waals surface area contributed by atoms with Crippen molar-refractivity contribution in [1.82, 2.24) is 0 Å². The van der Waals surface area contributed by atoms with Gasteiger partial charge in [0, 0.05) is 16.8 Å². The van der Waals surface area contributed by atoms with Crippen molar-refractivity contribution in [2.75, 3.05) is 7.11 Å². The fraction of sp³-hybridized carbons (Fsp3) is 0.0588. The van der Waals surface area contributed by atoms with Crippen LogP contribution in [0.1, 0.15) is 0 Å². The highest BCUT2D eigenvalue weighted by atomic mass is 16.6. The average molecular weight is 277 g/mol. The standard InChI is InChI=1S/C17H11NO3/c1-21-17-13-8-7-11-4-2-3-10-5-6-12(16(13)15(10)11)9-14(17)18(19)20/h2-9H,1H3. The normalized spacial score (nSPS) is 11.5. The predicted molar refractivity (Wildman–Crippen MR) is 83.4 cm³/mol. The van der Waals surface area contributed by atoms with Gasteiger partial charge in [-0.25, -0.2) is 0 Å². The summed E-state index contributed by atoms with van der Waals surface area (Å²) in [6.45, 7) is 0. The minimum atomic E-state index is -0.396. The van der Waals surface area contributed by atoms with E-state index in [4.69, 9.17) is 4.74 Å². The number of hydrogen-bond donors (Lipinski definition) is 0. The molecule has 0 aromatic heterocycles. The Balaban J connectivity index is 2.33. The second-order valence-electron chi connectivity index (χ2n) is 5.04. The highest BCUT2D eigenvalue weighted by Gasteiger charge is 2.21. The summed E-state index contributed by atoms with van der Waals surface area (Å²) in [5.41, 5.74) is 0.00313. The molecule has 0 bridgehead atoms. The van der Waals surface area contributed by atoms with Gasteiger partial charge in [-0.2, -0.15) is 0 Å². The topological polar surface area (TPSA) is 52.4 Å². The van der Waals surface area contributed by atoms with Crippen LogP contribution in [-0.4, -0.2) is 12.0 Å². The van der Waals surface area contributed by atoms with E-state index in [1.165, 1.54) is 7.11 Å². The number of rotatable bonds is 2. The van der Waals surface area contributed by atoms with Gasteiger partial charge in [-0.1, -0.05) is 36.4 Å². The number of benzene rings is 4. The van der Waals surface area contributed by atoms with Crippen LogP contribution >= 0.6 is 0 Å². The van der Waals surface area contributed by atoms with E-state index in [0.29, 0.717) is 5.75 Å². The number of ether oxygens (including phenoxy) is 1. The summed E-state index contributed by atoms with van der Waals surface area (Å²) in [4.78, 5) is 10.9. The maximum absolute atomic E-state index is 11.3. The molecule has 0 saturated heterocycles. The lowest BCUT2D eigenvalue weighted by Crippen LogP contribution is -1.96. The number of nitro benzene ring substituents is 1. The van der Waals surface area contributed by atoms with Crippen molar-refractivity contribution < 1.29 is 9.66 Å². The molecular formula is C17H11NO3. The molecule has 102 valence electrons. The molecule has 4 rings (SSSR count). The maximum atomic E-state index is 11.3. The number of methoxy groups -OCH3 is 1. The van der Waals surface area contributed by atoms with Gasteiger partial charge in [0.05, 0.1) is 12.0 Å². The Bertz CT molecular complexity index is 991. The Labute approximate surface area is 120 Å². The third-order valence-electron chi connectivity index (χ3n) is 3.98. The average Bonchev–Trinajstić information content (AvgIpc) is 2.51. The molecule has 0 unspecified atom stereocenters. The maximum Gasteiger partial charge on any atom is 0.312 e. The van der Waals surface area contributed by atoms with Gasteiger partial charge in [-0.15, -0.1) is 0 Å². The smallest absolute Gasteiger partial charge is 0.312 e. The first-order valence-electron chi connectivity index (χ1n) is 6.59. The van der Waals surface area contributed by atoms with Gasteiger partial charge in [0.1, 0.15) is 0 Å². The van der Waals surface area contributed by atoms with Gasteiger partial charge in [-0.3, -0.25) is 10.1 Å². The zero-order chi connectivity index (χ0) is 14.6. The molecule has 0 heterocycles. The molecule has 0 aliphatic heterocycles. The molecule has 0 saturated carbocycles. The fourth-order valence-corrected chi connectivity index (χ4v) is 3.12. The van der Waals surface area contributed by atoms with E-state index in [9.17, 15) is 10.1 Å². The summed E-state index contributed by atoms with van der Waals surface area (Å²) in [6.07, 6.45) is 0. The van der Waals surface area contributed by atoms with Crippen LogP contribution in [0.15, 0.2) is 48.5 Å². The molecule has 0 radical (unpaired) electrons. The number of nitrogens with zero attached hydrogens (tertiary/aromatic N) is 1. The molecule has 4 aromatic rings. The zero-order valence-corrected chi connectivity index (χ0v) is 11.3. The Kier molecular flexibility index (Phi) is 2.30. The fourth-order valence-electron chi connectivity index (χ4n) is 3.12. The van der Waals surface area contributed by atoms with Crippen LogP contribution in [0.4, 0.5) is 5.69 Å². The predicted octanol–water partition coefficient (Wildman–Crippen LogP) is 4.50. The quantitative estimate of drug-likeness (QED) is 0.308. The highest BCUT2D eigenvalue weighted by Crippen LogP contribution is 2.43. The summed E-state index contributed by atoms with van der Waals surface area (Å²) in [5, 5.41) is 17.3. The SMILES string of the molecule is COc1c([N+](=O)[O-])cc2ccc3cccc4ccc1c2c34. The summed E-state index contributed by atoms with van der Waals surface area (Å²) in [7, 11) is 1.47. The van der Waals surface area contributed by atoms with Crippen LogP contribution in [-0.2, 0) is 0 Å². The van der Waals surface area contributed by atoms with Gasteiger partial charge >= 0.3 is 5.69 Å². The van der Waals surface area contributed by atoms with E-state index >= 15 is 0 Å². The van der Waals surface area contributed by atoms with Crippen molar-refractivity contribution in [3.05, 3.63) is 58.6 Å². The van der Waals surface area contributed by atoms with E-state index in [1.54, 1.807) is 6.07 Å². The molecule has 0 fully saturated rings. The Hall–Kier alpha value is -2.88. The van der Waals surface area contributed by atoms with Crippen molar-refractivity contribution in [2.24, 2.45) is 0 Å². The zero-order valence-electron chi connectivity index (χ0n) is 11.3. The van der Waals surface area contributed by atoms with E-state index in [-0.39, 0.29) is 5.69 Å². The van der Waals surface area contributed by atoms with Gasteiger partial charge in [0.15, 0.2) is 0 Å². The van der Waals surface area contributed by atoms with E-state index in [2.05, 4.69) is 12.1 Å².